The summed E-state index contributed by atoms with van der Waals surface area (Å²) in [4.78, 5) is 26.3. The third-order valence-corrected chi connectivity index (χ3v) is 7.84. The van der Waals surface area contributed by atoms with Gasteiger partial charge in [-0.05, 0) is 50.1 Å². The number of para-hydroxylation sites is 1. The Morgan fingerprint density at radius 1 is 1.03 bits per heavy atom. The predicted molar refractivity (Wildman–Crippen MR) is 122 cm³/mol. The normalized spacial score (nSPS) is 20.8. The Morgan fingerprint density at radius 3 is 2.18 bits per heavy atom. The van der Waals surface area contributed by atoms with Gasteiger partial charge >= 0.3 is 11.9 Å². The molecule has 1 N–H and O–H groups in total. The molecule has 1 saturated heterocycles. The quantitative estimate of drug-likeness (QED) is 0.393. The molecular weight excluding hydrogens is 444 g/mol. The Hall–Kier alpha value is -3.17. The molecule has 1 fully saturated rings. The second-order valence-corrected chi connectivity index (χ2v) is 9.77. The molecule has 2 atom stereocenters. The van der Waals surface area contributed by atoms with Gasteiger partial charge in [0.05, 0.1) is 35.9 Å². The maximum atomic E-state index is 13.8. The number of anilines is 1. The van der Waals surface area contributed by atoms with Gasteiger partial charge in [0.2, 0.25) is 5.54 Å². The summed E-state index contributed by atoms with van der Waals surface area (Å²) in [5, 5.41) is 3.05. The molecule has 174 valence electrons. The summed E-state index contributed by atoms with van der Waals surface area (Å²) >= 11 is 0. The van der Waals surface area contributed by atoms with E-state index in [2.05, 4.69) is 11.9 Å². The highest BCUT2D eigenvalue weighted by Gasteiger charge is 2.65. The van der Waals surface area contributed by atoms with Crippen LogP contribution in [0.5, 0.6) is 0 Å². The van der Waals surface area contributed by atoms with Crippen molar-refractivity contribution < 1.29 is 27.5 Å². The van der Waals surface area contributed by atoms with Crippen molar-refractivity contribution in [1.82, 2.24) is 5.32 Å². The fourth-order valence-corrected chi connectivity index (χ4v) is 6.18. The molecular formula is C24H26N2O6S. The van der Waals surface area contributed by atoms with Gasteiger partial charge in [0.15, 0.2) is 0 Å². The number of nitrogens with zero attached hydrogens (tertiary/aromatic N) is 1. The average Bonchev–Trinajstić information content (AvgIpc) is 3.27. The molecule has 8 nitrogen and oxygen atoms in total. The monoisotopic (exact) mass is 470 g/mol. The number of hydrogen-bond donors (Lipinski definition) is 1. The molecule has 2 heterocycles. The minimum Gasteiger partial charge on any atom is -0.464 e. The van der Waals surface area contributed by atoms with Gasteiger partial charge < -0.3 is 9.47 Å². The summed E-state index contributed by atoms with van der Waals surface area (Å²) in [5.41, 5.74) is 0.0639. The maximum Gasteiger partial charge on any atom is 0.342 e. The van der Waals surface area contributed by atoms with Crippen molar-refractivity contribution >= 4 is 27.6 Å². The SMILES string of the molecule is C=C1[C@H]2[C@@H](NC1(C(=O)OCC)C(=O)OCC)c1ccccc1N2S(=O)(=O)c1ccc(C)cc1. The van der Waals surface area contributed by atoms with E-state index in [4.69, 9.17) is 9.47 Å². The second-order valence-electron chi connectivity index (χ2n) is 7.96. The predicted octanol–water partition coefficient (Wildman–Crippen LogP) is 2.64. The van der Waals surface area contributed by atoms with Crippen LogP contribution in [-0.4, -0.2) is 45.2 Å². The van der Waals surface area contributed by atoms with E-state index in [9.17, 15) is 18.0 Å². The van der Waals surface area contributed by atoms with Crippen LogP contribution in [-0.2, 0) is 29.1 Å². The molecule has 2 aliphatic rings. The molecule has 2 aromatic carbocycles. The molecule has 0 aliphatic carbocycles. The highest BCUT2D eigenvalue weighted by molar-refractivity contribution is 7.93. The van der Waals surface area contributed by atoms with Gasteiger partial charge in [-0.25, -0.2) is 18.0 Å². The van der Waals surface area contributed by atoms with Gasteiger partial charge in [0, 0.05) is 0 Å². The molecule has 0 aromatic heterocycles. The van der Waals surface area contributed by atoms with E-state index >= 15 is 0 Å². The molecule has 0 amide bonds. The Bertz CT molecular complexity index is 1200. The first-order valence-electron chi connectivity index (χ1n) is 10.7. The fraction of sp³-hybridized carbons (Fsp3) is 0.333. The molecule has 9 heteroatoms. The molecule has 0 radical (unpaired) electrons. The van der Waals surface area contributed by atoms with E-state index in [1.165, 1.54) is 16.4 Å². The number of fused-ring (bicyclic) bond motifs is 3. The van der Waals surface area contributed by atoms with E-state index < -0.39 is 39.6 Å². The fourth-order valence-electron chi connectivity index (χ4n) is 4.50. The summed E-state index contributed by atoms with van der Waals surface area (Å²) < 4.78 is 39.3. The van der Waals surface area contributed by atoms with Crippen molar-refractivity contribution in [2.45, 2.75) is 43.3 Å². The lowest BCUT2D eigenvalue weighted by Gasteiger charge is -2.31. The van der Waals surface area contributed by atoms with Crippen molar-refractivity contribution in [3.63, 3.8) is 0 Å². The van der Waals surface area contributed by atoms with Crippen molar-refractivity contribution in [2.75, 3.05) is 17.5 Å². The van der Waals surface area contributed by atoms with Crippen LogP contribution in [0.25, 0.3) is 0 Å². The van der Waals surface area contributed by atoms with Crippen LogP contribution in [0, 0.1) is 6.92 Å². The van der Waals surface area contributed by atoms with Crippen molar-refractivity contribution in [2.24, 2.45) is 0 Å². The van der Waals surface area contributed by atoms with Gasteiger partial charge in [-0.1, -0.05) is 42.5 Å². The molecule has 2 aromatic rings. The Balaban J connectivity index is 1.89. The minimum atomic E-state index is -4.05. The third-order valence-electron chi connectivity index (χ3n) is 6.03. The topological polar surface area (TPSA) is 102 Å². The molecule has 33 heavy (non-hydrogen) atoms. The molecule has 2 aliphatic heterocycles. The number of carbonyl (C=O) groups is 2. The van der Waals surface area contributed by atoms with E-state index in [-0.39, 0.29) is 23.7 Å². The summed E-state index contributed by atoms with van der Waals surface area (Å²) in [7, 11) is -4.05. The van der Waals surface area contributed by atoms with Gasteiger partial charge in [-0.15, -0.1) is 0 Å². The Labute approximate surface area is 193 Å². The Morgan fingerprint density at radius 2 is 1.61 bits per heavy atom. The zero-order valence-corrected chi connectivity index (χ0v) is 19.5. The lowest BCUT2D eigenvalue weighted by atomic mass is 9.90. The number of hydrogen-bond acceptors (Lipinski definition) is 7. The maximum absolute atomic E-state index is 13.8. The standard InChI is InChI=1S/C24H26N2O6S/c1-5-31-22(27)24(23(28)32-6-2)16(4)21-20(25-24)18-9-7-8-10-19(18)26(21)33(29,30)17-13-11-15(3)12-14-17/h7-14,20-21,25H,4-6H2,1-3H3/t20-,21-/m0/s1. The van der Waals surface area contributed by atoms with Gasteiger partial charge in [-0.3, -0.25) is 9.62 Å². The van der Waals surface area contributed by atoms with Crippen LogP contribution in [0.3, 0.4) is 0 Å². The highest BCUT2D eigenvalue weighted by Crippen LogP contribution is 2.52. The van der Waals surface area contributed by atoms with Crippen LogP contribution in [0.15, 0.2) is 65.6 Å². The van der Waals surface area contributed by atoms with Crippen LogP contribution >= 0.6 is 0 Å². The van der Waals surface area contributed by atoms with E-state index in [0.717, 1.165) is 5.56 Å². The lowest BCUT2D eigenvalue weighted by Crippen LogP contribution is -2.58. The third kappa shape index (κ3) is 3.34. The second kappa shape index (κ2) is 8.31. The molecule has 0 bridgehead atoms. The van der Waals surface area contributed by atoms with Crippen LogP contribution in [0.4, 0.5) is 5.69 Å². The first-order valence-corrected chi connectivity index (χ1v) is 12.2. The van der Waals surface area contributed by atoms with E-state index in [0.29, 0.717) is 11.3 Å². The molecule has 0 saturated carbocycles. The summed E-state index contributed by atoms with van der Waals surface area (Å²) in [6.45, 7) is 9.23. The summed E-state index contributed by atoms with van der Waals surface area (Å²) in [6, 6.07) is 11.9. The first-order chi connectivity index (χ1) is 15.7. The number of ether oxygens (including phenoxy) is 2. The molecule has 4 rings (SSSR count). The average molecular weight is 471 g/mol. The van der Waals surface area contributed by atoms with E-state index in [1.807, 2.05) is 6.92 Å². The summed E-state index contributed by atoms with van der Waals surface area (Å²) in [5.74, 6) is -1.74. The molecule has 0 spiro atoms. The van der Waals surface area contributed by atoms with Crippen LogP contribution in [0.2, 0.25) is 0 Å². The van der Waals surface area contributed by atoms with Crippen molar-refractivity contribution in [1.29, 1.82) is 0 Å². The van der Waals surface area contributed by atoms with Gasteiger partial charge in [0.25, 0.3) is 10.0 Å². The number of benzene rings is 2. The van der Waals surface area contributed by atoms with Gasteiger partial charge in [0.1, 0.15) is 0 Å². The Kier molecular flexibility index (Phi) is 5.79. The van der Waals surface area contributed by atoms with Crippen LogP contribution < -0.4 is 9.62 Å². The van der Waals surface area contributed by atoms with Crippen molar-refractivity contribution in [3.05, 3.63) is 71.8 Å². The number of esters is 2. The summed E-state index contributed by atoms with van der Waals surface area (Å²) in [6.07, 6.45) is 0. The van der Waals surface area contributed by atoms with Gasteiger partial charge in [-0.2, -0.15) is 0 Å². The highest BCUT2D eigenvalue weighted by atomic mass is 32.2. The van der Waals surface area contributed by atoms with Crippen LogP contribution in [0.1, 0.15) is 31.0 Å². The first kappa shape index (κ1) is 23.0. The smallest absolute Gasteiger partial charge is 0.342 e. The minimum absolute atomic E-state index is 0.0340. The van der Waals surface area contributed by atoms with E-state index in [1.54, 1.807) is 50.2 Å². The number of nitrogens with one attached hydrogen (secondary N) is 1. The zero-order valence-electron chi connectivity index (χ0n) is 18.7. The molecule has 0 unspecified atom stereocenters. The zero-order chi connectivity index (χ0) is 24.0. The van der Waals surface area contributed by atoms with Crippen molar-refractivity contribution in [3.8, 4) is 0 Å². The number of rotatable bonds is 6. The number of sulfonamides is 1. The lowest BCUT2D eigenvalue weighted by molar-refractivity contribution is -0.163. The number of carbonyl (C=O) groups excluding carboxylic acids is 2. The largest absolute Gasteiger partial charge is 0.464 e. The number of aryl methyl sites for hydroxylation is 1.